The molecule has 48 valence electrons. The molecule has 0 aromatic heterocycles. The van der Waals surface area contributed by atoms with Crippen LogP contribution in [0.3, 0.4) is 0 Å². The van der Waals surface area contributed by atoms with Crippen LogP contribution in [0.2, 0.25) is 0 Å². The van der Waals surface area contributed by atoms with Gasteiger partial charge in [0.25, 0.3) is 0 Å². The fourth-order valence-electron chi connectivity index (χ4n) is 1.05. The zero-order valence-electron chi connectivity index (χ0n) is 4.66. The van der Waals surface area contributed by atoms with E-state index in [9.17, 15) is 9.59 Å². The summed E-state index contributed by atoms with van der Waals surface area (Å²) in [5.41, 5.74) is 0. The number of amides is 1. The Morgan fingerprint density at radius 3 is 2.78 bits per heavy atom. The van der Waals surface area contributed by atoms with Crippen LogP contribution >= 0.6 is 11.8 Å². The van der Waals surface area contributed by atoms with E-state index in [2.05, 4.69) is 0 Å². The van der Waals surface area contributed by atoms with Crippen LogP contribution in [-0.4, -0.2) is 27.8 Å². The maximum absolute atomic E-state index is 10.6. The molecule has 2 rings (SSSR count). The third-order valence-electron chi connectivity index (χ3n) is 1.58. The number of rotatable bonds is 0. The van der Waals surface area contributed by atoms with E-state index in [-0.39, 0.29) is 16.4 Å². The van der Waals surface area contributed by atoms with Gasteiger partial charge in [0.2, 0.25) is 11.0 Å². The van der Waals surface area contributed by atoms with Gasteiger partial charge < -0.3 is 4.90 Å². The van der Waals surface area contributed by atoms with Crippen LogP contribution in [0.25, 0.3) is 0 Å². The maximum atomic E-state index is 10.6. The van der Waals surface area contributed by atoms with Gasteiger partial charge in [0, 0.05) is 0 Å². The first-order valence-electron chi connectivity index (χ1n) is 2.76. The number of carbonyl (C=O) groups is 2. The van der Waals surface area contributed by atoms with Crippen molar-refractivity contribution in [3.8, 4) is 0 Å². The monoisotopic (exact) mass is 143 g/mol. The zero-order chi connectivity index (χ0) is 6.43. The van der Waals surface area contributed by atoms with Gasteiger partial charge in [-0.15, -0.1) is 0 Å². The molecule has 1 amide bonds. The lowest BCUT2D eigenvalue weighted by Crippen LogP contribution is -2.47. The van der Waals surface area contributed by atoms with Gasteiger partial charge in [-0.3, -0.25) is 9.59 Å². The zero-order valence-corrected chi connectivity index (χ0v) is 5.48. The molecule has 0 radical (unpaired) electrons. The predicted octanol–water partition coefficient (Wildman–Crippen LogP) is -0.182. The van der Waals surface area contributed by atoms with Crippen molar-refractivity contribution in [1.29, 1.82) is 0 Å². The summed E-state index contributed by atoms with van der Waals surface area (Å²) in [7, 11) is 0. The van der Waals surface area contributed by atoms with Crippen LogP contribution in [0.5, 0.6) is 0 Å². The van der Waals surface area contributed by atoms with Gasteiger partial charge in [0.05, 0.1) is 18.3 Å². The van der Waals surface area contributed by atoms with Gasteiger partial charge >= 0.3 is 0 Å². The molecule has 0 N–H and O–H groups in total. The van der Waals surface area contributed by atoms with Crippen LogP contribution in [0, 0.1) is 0 Å². The van der Waals surface area contributed by atoms with Crippen molar-refractivity contribution in [2.45, 2.75) is 11.8 Å². The summed E-state index contributed by atoms with van der Waals surface area (Å²) in [5, 5.41) is 0.329. The van der Waals surface area contributed by atoms with E-state index >= 15 is 0 Å². The molecule has 0 unspecified atom stereocenters. The highest BCUT2D eigenvalue weighted by molar-refractivity contribution is 8.14. The number of hydrogen-bond acceptors (Lipinski definition) is 3. The molecular weight excluding hydrogens is 138 g/mol. The summed E-state index contributed by atoms with van der Waals surface area (Å²) in [4.78, 5) is 22.9. The van der Waals surface area contributed by atoms with Gasteiger partial charge in [0.1, 0.15) is 0 Å². The number of β-lactam (4-membered cyclic amide) rings is 1. The van der Waals surface area contributed by atoms with E-state index < -0.39 is 0 Å². The summed E-state index contributed by atoms with van der Waals surface area (Å²) in [6.07, 6.45) is 0.566. The second-order valence-electron chi connectivity index (χ2n) is 2.17. The minimum Gasteiger partial charge on any atom is -0.321 e. The maximum Gasteiger partial charge on any atom is 0.226 e. The molecule has 2 saturated heterocycles. The number of hydrogen-bond donors (Lipinski definition) is 0. The van der Waals surface area contributed by atoms with Crippen LogP contribution in [0.4, 0.5) is 0 Å². The van der Waals surface area contributed by atoms with Crippen molar-refractivity contribution in [3.05, 3.63) is 0 Å². The Morgan fingerprint density at radius 1 is 1.56 bits per heavy atom. The Kier molecular flexibility index (Phi) is 0.883. The van der Waals surface area contributed by atoms with Gasteiger partial charge in [-0.1, -0.05) is 11.8 Å². The Bertz CT molecular complexity index is 189. The average molecular weight is 143 g/mol. The molecule has 0 aromatic rings. The van der Waals surface area contributed by atoms with Crippen molar-refractivity contribution in [2.75, 3.05) is 6.54 Å². The van der Waals surface area contributed by atoms with E-state index in [1.807, 2.05) is 0 Å². The first-order valence-corrected chi connectivity index (χ1v) is 3.64. The van der Waals surface area contributed by atoms with E-state index in [1.54, 1.807) is 4.90 Å². The highest BCUT2D eigenvalue weighted by Gasteiger charge is 2.44. The van der Waals surface area contributed by atoms with Crippen molar-refractivity contribution < 1.29 is 9.59 Å². The third-order valence-corrected chi connectivity index (χ3v) is 2.67. The Morgan fingerprint density at radius 2 is 2.33 bits per heavy atom. The molecule has 0 saturated carbocycles. The topological polar surface area (TPSA) is 37.4 Å². The molecule has 9 heavy (non-hydrogen) atoms. The standard InChI is InChI=1S/C5H5NO2S/c7-3-1-4-6(3)2-5(8)9-4/h4H,1-2H2/t4-/m1/s1. The molecule has 4 heteroatoms. The summed E-state index contributed by atoms with van der Waals surface area (Å²) in [6.45, 7) is 0.341. The van der Waals surface area contributed by atoms with Crippen molar-refractivity contribution in [1.82, 2.24) is 4.90 Å². The lowest BCUT2D eigenvalue weighted by atomic mass is 10.2. The summed E-state index contributed by atoms with van der Waals surface area (Å²) in [6, 6.07) is 0. The van der Waals surface area contributed by atoms with E-state index in [0.29, 0.717) is 13.0 Å². The molecule has 2 aliphatic rings. The Balaban J connectivity index is 2.16. The number of fused-ring (bicyclic) bond motifs is 1. The van der Waals surface area contributed by atoms with E-state index in [4.69, 9.17) is 0 Å². The Labute approximate surface area is 56.4 Å². The number of carbonyl (C=O) groups excluding carboxylic acids is 2. The lowest BCUT2D eigenvalue weighted by molar-refractivity contribution is -0.141. The second kappa shape index (κ2) is 1.50. The normalized spacial score (nSPS) is 32.4. The molecular formula is C5H5NO2S. The summed E-state index contributed by atoms with van der Waals surface area (Å²) in [5.74, 6) is 0.123. The van der Waals surface area contributed by atoms with Gasteiger partial charge in [-0.25, -0.2) is 0 Å². The largest absolute Gasteiger partial charge is 0.321 e. The summed E-state index contributed by atoms with van der Waals surface area (Å²) < 4.78 is 0. The highest BCUT2D eigenvalue weighted by Crippen LogP contribution is 2.35. The van der Waals surface area contributed by atoms with Crippen LogP contribution < -0.4 is 0 Å². The molecule has 0 aromatic carbocycles. The fourth-order valence-corrected chi connectivity index (χ4v) is 2.11. The average Bonchev–Trinajstić information content (AvgIpc) is 2.08. The second-order valence-corrected chi connectivity index (χ2v) is 3.41. The highest BCUT2D eigenvalue weighted by atomic mass is 32.2. The summed E-state index contributed by atoms with van der Waals surface area (Å²) >= 11 is 1.29. The first-order chi connectivity index (χ1) is 4.27. The molecule has 2 fully saturated rings. The number of thioether (sulfide) groups is 1. The van der Waals surface area contributed by atoms with Crippen molar-refractivity contribution >= 4 is 22.8 Å². The van der Waals surface area contributed by atoms with Gasteiger partial charge in [-0.05, 0) is 0 Å². The minimum absolute atomic E-state index is 0.123. The fraction of sp³-hybridized carbons (Fsp3) is 0.600. The smallest absolute Gasteiger partial charge is 0.226 e. The quantitative estimate of drug-likeness (QED) is 0.441. The van der Waals surface area contributed by atoms with Crippen LogP contribution in [-0.2, 0) is 9.59 Å². The van der Waals surface area contributed by atoms with Crippen LogP contribution in [0.15, 0.2) is 0 Å². The molecule has 0 spiro atoms. The van der Waals surface area contributed by atoms with Crippen LogP contribution in [0.1, 0.15) is 6.42 Å². The molecule has 0 bridgehead atoms. The van der Waals surface area contributed by atoms with Crippen molar-refractivity contribution in [2.24, 2.45) is 0 Å². The predicted molar refractivity (Wildman–Crippen MR) is 32.7 cm³/mol. The van der Waals surface area contributed by atoms with Gasteiger partial charge in [0.15, 0.2) is 0 Å². The molecule has 2 aliphatic heterocycles. The third kappa shape index (κ3) is 0.594. The molecule has 3 nitrogen and oxygen atoms in total. The Hall–Kier alpha value is -0.510. The van der Waals surface area contributed by atoms with E-state index in [0.717, 1.165) is 0 Å². The van der Waals surface area contributed by atoms with Gasteiger partial charge in [-0.2, -0.15) is 0 Å². The van der Waals surface area contributed by atoms with E-state index in [1.165, 1.54) is 11.8 Å². The molecule has 2 heterocycles. The molecule has 1 atom stereocenters. The minimum atomic E-state index is 0.123. The SMILES string of the molecule is O=C1CN2C(=O)C[C@H]2S1. The lowest BCUT2D eigenvalue weighted by Gasteiger charge is -2.31. The van der Waals surface area contributed by atoms with Crippen molar-refractivity contribution in [3.63, 3.8) is 0 Å². The first kappa shape index (κ1) is 5.29. The number of nitrogens with zero attached hydrogens (tertiary/aromatic N) is 1. The molecule has 0 aliphatic carbocycles.